The average Bonchev–Trinajstić information content (AvgIpc) is 2.71. The normalized spacial score (nSPS) is 19.9. The maximum Gasteiger partial charge on any atom is 0.256 e. The van der Waals surface area contributed by atoms with Gasteiger partial charge in [-0.1, -0.05) is 68.4 Å². The summed E-state index contributed by atoms with van der Waals surface area (Å²) < 4.78 is 0. The Labute approximate surface area is 175 Å². The highest BCUT2D eigenvalue weighted by Gasteiger charge is 2.42. The van der Waals surface area contributed by atoms with Crippen molar-refractivity contribution in [1.29, 1.82) is 0 Å². The van der Waals surface area contributed by atoms with Crippen LogP contribution in [0, 0.1) is 0 Å². The third-order valence-electron chi connectivity index (χ3n) is 5.88. The molecule has 0 unspecified atom stereocenters. The van der Waals surface area contributed by atoms with E-state index in [1.54, 1.807) is 0 Å². The van der Waals surface area contributed by atoms with Crippen LogP contribution in [0.3, 0.4) is 0 Å². The molecule has 0 bridgehead atoms. The van der Waals surface area contributed by atoms with E-state index >= 15 is 0 Å². The van der Waals surface area contributed by atoms with Crippen molar-refractivity contribution in [2.24, 2.45) is 0 Å². The van der Waals surface area contributed by atoms with Crippen LogP contribution in [0.15, 0.2) is 54.6 Å². The third kappa shape index (κ3) is 5.68. The first-order valence-electron chi connectivity index (χ1n) is 10.7. The van der Waals surface area contributed by atoms with Gasteiger partial charge in [-0.05, 0) is 48.9 Å². The lowest BCUT2D eigenvalue weighted by atomic mass is 9.90. The molecule has 29 heavy (non-hydrogen) atoms. The Bertz CT molecular complexity index is 788. The van der Waals surface area contributed by atoms with Crippen LogP contribution >= 0.6 is 0 Å². The quantitative estimate of drug-likeness (QED) is 0.740. The fourth-order valence-corrected chi connectivity index (χ4v) is 4.08. The summed E-state index contributed by atoms with van der Waals surface area (Å²) in [4.78, 5) is 17.0. The fraction of sp³-hybridized carbons (Fsp3) is 0.480. The van der Waals surface area contributed by atoms with E-state index in [1.807, 2.05) is 30.1 Å². The zero-order valence-corrected chi connectivity index (χ0v) is 18.0. The summed E-state index contributed by atoms with van der Waals surface area (Å²) in [5, 5.41) is 11.1. The largest absolute Gasteiger partial charge is 0.379 e. The highest BCUT2D eigenvalue weighted by Crippen LogP contribution is 2.25. The summed E-state index contributed by atoms with van der Waals surface area (Å²) in [6.45, 7) is 6.82. The number of hydrogen-bond acceptors (Lipinski definition) is 3. The van der Waals surface area contributed by atoms with Gasteiger partial charge in [-0.2, -0.15) is 0 Å². The van der Waals surface area contributed by atoms with Crippen molar-refractivity contribution in [3.05, 3.63) is 71.3 Å². The number of likely N-dealkylation sites (tertiary alicyclic amines) is 1. The van der Waals surface area contributed by atoms with Crippen LogP contribution in [0.5, 0.6) is 0 Å². The molecule has 4 heteroatoms. The van der Waals surface area contributed by atoms with E-state index in [1.165, 1.54) is 11.1 Å². The van der Waals surface area contributed by atoms with Gasteiger partial charge in [0.05, 0.1) is 0 Å². The lowest BCUT2D eigenvalue weighted by Gasteiger charge is -2.40. The molecule has 0 aliphatic carbocycles. The Morgan fingerprint density at radius 3 is 2.41 bits per heavy atom. The van der Waals surface area contributed by atoms with Crippen molar-refractivity contribution in [2.45, 2.75) is 51.2 Å². The van der Waals surface area contributed by atoms with Crippen molar-refractivity contribution >= 4 is 5.91 Å². The van der Waals surface area contributed by atoms with Crippen LogP contribution in [-0.4, -0.2) is 53.1 Å². The summed E-state index contributed by atoms with van der Waals surface area (Å²) in [5.74, 6) is 0.362. The first-order chi connectivity index (χ1) is 13.9. The Morgan fingerprint density at radius 2 is 1.76 bits per heavy atom. The fourth-order valence-electron chi connectivity index (χ4n) is 4.08. The molecule has 4 nitrogen and oxygen atoms in total. The lowest BCUT2D eigenvalue weighted by Crippen LogP contribution is -2.58. The van der Waals surface area contributed by atoms with Gasteiger partial charge in [0.15, 0.2) is 5.60 Å². The number of piperidine rings is 1. The molecule has 0 saturated carbocycles. The first kappa shape index (κ1) is 21.5. The second-order valence-electron chi connectivity index (χ2n) is 8.73. The molecule has 156 valence electrons. The van der Waals surface area contributed by atoms with E-state index in [-0.39, 0.29) is 5.91 Å². The second kappa shape index (κ2) is 9.55. The maximum atomic E-state index is 13.1. The van der Waals surface area contributed by atoms with Gasteiger partial charge in [-0.25, -0.2) is 0 Å². The van der Waals surface area contributed by atoms with E-state index in [0.29, 0.717) is 32.0 Å². The van der Waals surface area contributed by atoms with Crippen molar-refractivity contribution in [2.75, 3.05) is 26.7 Å². The van der Waals surface area contributed by atoms with Crippen LogP contribution in [0.1, 0.15) is 49.3 Å². The van der Waals surface area contributed by atoms with E-state index in [0.717, 1.165) is 24.9 Å². The standard InChI is InChI=1S/C25H34N2O2/c1-20(2)23-12-10-22(11-13-23)18-27-16-7-15-25(29,24(27)28)19-26(3)17-14-21-8-5-4-6-9-21/h4-6,8-13,20,29H,7,14-19H2,1-3H3/t25-/m0/s1. The monoisotopic (exact) mass is 394 g/mol. The molecular formula is C25H34N2O2. The number of carbonyl (C=O) groups is 1. The third-order valence-corrected chi connectivity index (χ3v) is 5.88. The Hall–Kier alpha value is -2.17. The predicted octanol–water partition coefficient (Wildman–Crippen LogP) is 3.84. The lowest BCUT2D eigenvalue weighted by molar-refractivity contribution is -0.159. The predicted molar refractivity (Wildman–Crippen MR) is 118 cm³/mol. The number of carbonyl (C=O) groups excluding carboxylic acids is 1. The minimum atomic E-state index is -1.29. The van der Waals surface area contributed by atoms with Gasteiger partial charge >= 0.3 is 0 Å². The van der Waals surface area contributed by atoms with E-state index in [4.69, 9.17) is 0 Å². The Kier molecular flexibility index (Phi) is 7.09. The molecule has 1 fully saturated rings. The van der Waals surface area contributed by atoms with Crippen LogP contribution in [0.4, 0.5) is 0 Å². The van der Waals surface area contributed by atoms with Crippen molar-refractivity contribution < 1.29 is 9.90 Å². The molecule has 1 aliphatic heterocycles. The molecule has 0 radical (unpaired) electrons. The minimum absolute atomic E-state index is 0.136. The van der Waals surface area contributed by atoms with Crippen LogP contribution in [0.2, 0.25) is 0 Å². The smallest absolute Gasteiger partial charge is 0.256 e. The minimum Gasteiger partial charge on any atom is -0.379 e. The number of aliphatic hydroxyl groups is 1. The van der Waals surface area contributed by atoms with Crippen molar-refractivity contribution in [1.82, 2.24) is 9.80 Å². The first-order valence-corrected chi connectivity index (χ1v) is 10.7. The molecule has 3 rings (SSSR count). The molecule has 1 atom stereocenters. The Morgan fingerprint density at radius 1 is 1.07 bits per heavy atom. The molecule has 1 N–H and O–H groups in total. The van der Waals surface area contributed by atoms with Gasteiger partial charge in [-0.15, -0.1) is 0 Å². The highest BCUT2D eigenvalue weighted by molar-refractivity contribution is 5.86. The van der Waals surface area contributed by atoms with Crippen molar-refractivity contribution in [3.8, 4) is 0 Å². The van der Waals surface area contributed by atoms with Crippen LogP contribution in [0.25, 0.3) is 0 Å². The van der Waals surface area contributed by atoms with Gasteiger partial charge in [0.1, 0.15) is 0 Å². The molecule has 1 aliphatic rings. The average molecular weight is 395 g/mol. The number of likely N-dealkylation sites (N-methyl/N-ethyl adjacent to an activating group) is 1. The topological polar surface area (TPSA) is 43.8 Å². The summed E-state index contributed by atoms with van der Waals surface area (Å²) in [6, 6.07) is 18.8. The van der Waals surface area contributed by atoms with Crippen LogP contribution in [-0.2, 0) is 17.8 Å². The van der Waals surface area contributed by atoms with Gasteiger partial charge in [0, 0.05) is 26.2 Å². The molecule has 1 heterocycles. The summed E-state index contributed by atoms with van der Waals surface area (Å²) in [6.07, 6.45) is 2.27. The molecular weight excluding hydrogens is 360 g/mol. The van der Waals surface area contributed by atoms with E-state index < -0.39 is 5.60 Å². The number of benzene rings is 2. The number of hydrogen-bond donors (Lipinski definition) is 1. The van der Waals surface area contributed by atoms with Crippen molar-refractivity contribution in [3.63, 3.8) is 0 Å². The van der Waals surface area contributed by atoms with E-state index in [2.05, 4.69) is 55.1 Å². The maximum absolute atomic E-state index is 13.1. The number of rotatable bonds is 8. The zero-order valence-electron chi connectivity index (χ0n) is 18.0. The second-order valence-corrected chi connectivity index (χ2v) is 8.73. The summed E-state index contributed by atoms with van der Waals surface area (Å²) in [5.41, 5.74) is 2.40. The van der Waals surface area contributed by atoms with Gasteiger partial charge < -0.3 is 14.9 Å². The van der Waals surface area contributed by atoms with Crippen LogP contribution < -0.4 is 0 Å². The van der Waals surface area contributed by atoms with E-state index in [9.17, 15) is 9.90 Å². The number of amides is 1. The van der Waals surface area contributed by atoms with Gasteiger partial charge in [0.25, 0.3) is 5.91 Å². The molecule has 1 amide bonds. The zero-order chi connectivity index (χ0) is 20.9. The molecule has 2 aromatic carbocycles. The van der Waals surface area contributed by atoms with Gasteiger partial charge in [0.2, 0.25) is 0 Å². The molecule has 1 saturated heterocycles. The SMILES string of the molecule is CC(C)c1ccc(CN2CCC[C@](O)(CN(C)CCc3ccccc3)C2=O)cc1. The molecule has 0 aromatic heterocycles. The molecule has 0 spiro atoms. The Balaban J connectivity index is 1.58. The molecule has 2 aromatic rings. The highest BCUT2D eigenvalue weighted by atomic mass is 16.3. The van der Waals surface area contributed by atoms with Gasteiger partial charge in [-0.3, -0.25) is 4.79 Å². The number of nitrogens with zero attached hydrogens (tertiary/aromatic N) is 2. The summed E-state index contributed by atoms with van der Waals surface area (Å²) >= 11 is 0. The summed E-state index contributed by atoms with van der Waals surface area (Å²) in [7, 11) is 1.98.